The lowest BCUT2D eigenvalue weighted by Crippen LogP contribution is -2.24. The quantitative estimate of drug-likeness (QED) is 0.860. The van der Waals surface area contributed by atoms with Crippen molar-refractivity contribution in [2.75, 3.05) is 38.3 Å². The van der Waals surface area contributed by atoms with E-state index in [2.05, 4.69) is 16.0 Å². The third kappa shape index (κ3) is 3.15. The van der Waals surface area contributed by atoms with Crippen LogP contribution in [0.5, 0.6) is 5.75 Å². The van der Waals surface area contributed by atoms with Gasteiger partial charge in [0.25, 0.3) is 0 Å². The summed E-state index contributed by atoms with van der Waals surface area (Å²) in [6, 6.07) is 7.47. The summed E-state index contributed by atoms with van der Waals surface area (Å²) in [5, 5.41) is 10.7. The number of anilines is 1. The highest BCUT2D eigenvalue weighted by Gasteiger charge is 2.24. The molecule has 3 rings (SSSR count). The molecule has 1 aliphatic rings. The van der Waals surface area contributed by atoms with Crippen LogP contribution in [0.3, 0.4) is 0 Å². The molecule has 0 unspecified atom stereocenters. The van der Waals surface area contributed by atoms with E-state index in [0.717, 1.165) is 36.1 Å². The maximum atomic E-state index is 9.65. The lowest BCUT2D eigenvalue weighted by molar-refractivity contribution is 0.0280. The van der Waals surface area contributed by atoms with Crippen LogP contribution in [-0.2, 0) is 9.47 Å². The Balaban J connectivity index is 1.82. The van der Waals surface area contributed by atoms with E-state index in [-0.39, 0.29) is 11.9 Å². The molecule has 0 amide bonds. The van der Waals surface area contributed by atoms with Crippen molar-refractivity contribution in [3.05, 3.63) is 30.0 Å². The summed E-state index contributed by atoms with van der Waals surface area (Å²) in [5.41, 5.74) is 2.95. The number of phenols is 1. The molecule has 2 heterocycles. The van der Waals surface area contributed by atoms with Crippen LogP contribution in [0.1, 0.15) is 12.1 Å². The monoisotopic (exact) mass is 302 g/mol. The molecule has 1 aromatic heterocycles. The Morgan fingerprint density at radius 1 is 1.32 bits per heavy atom. The Labute approximate surface area is 130 Å². The van der Waals surface area contributed by atoms with Gasteiger partial charge < -0.3 is 19.5 Å². The Morgan fingerprint density at radius 2 is 2.18 bits per heavy atom. The van der Waals surface area contributed by atoms with Gasteiger partial charge in [-0.1, -0.05) is 0 Å². The van der Waals surface area contributed by atoms with E-state index in [1.165, 1.54) is 5.69 Å². The molecule has 5 heteroatoms. The summed E-state index contributed by atoms with van der Waals surface area (Å²) in [6.45, 7) is 5.10. The van der Waals surface area contributed by atoms with E-state index in [9.17, 15) is 5.11 Å². The van der Waals surface area contributed by atoms with E-state index in [4.69, 9.17) is 9.47 Å². The number of aromatic hydroxyl groups is 1. The molecule has 0 bridgehead atoms. The zero-order chi connectivity index (χ0) is 15.5. The normalized spacial score (nSPS) is 18.3. The topological polar surface area (TPSA) is 54.8 Å². The first-order chi connectivity index (χ1) is 10.7. The largest absolute Gasteiger partial charge is 0.508 e. The number of fused-ring (bicyclic) bond motifs is 1. The van der Waals surface area contributed by atoms with Crippen molar-refractivity contribution in [3.63, 3.8) is 0 Å². The summed E-state index contributed by atoms with van der Waals surface area (Å²) in [5.74, 6) is 0.249. The molecule has 0 aliphatic carbocycles. The van der Waals surface area contributed by atoms with E-state index in [1.54, 1.807) is 19.2 Å². The number of phenolic OH excluding ortho intramolecular Hbond substituents is 1. The average Bonchev–Trinajstić information content (AvgIpc) is 2.95. The van der Waals surface area contributed by atoms with Gasteiger partial charge in [-0.15, -0.1) is 0 Å². The molecule has 118 valence electrons. The molecule has 1 fully saturated rings. The van der Waals surface area contributed by atoms with Crippen LogP contribution in [0.2, 0.25) is 0 Å². The third-order valence-electron chi connectivity index (χ3n) is 4.03. The maximum absolute atomic E-state index is 9.65. The van der Waals surface area contributed by atoms with Crippen molar-refractivity contribution < 1.29 is 14.6 Å². The minimum atomic E-state index is 0.246. The Kier molecular flexibility index (Phi) is 4.45. The van der Waals surface area contributed by atoms with E-state index < -0.39 is 0 Å². The Morgan fingerprint density at radius 3 is 3.00 bits per heavy atom. The number of pyridine rings is 1. The number of nitrogens with zero attached hydrogens (tertiary/aromatic N) is 2. The summed E-state index contributed by atoms with van der Waals surface area (Å²) in [7, 11) is 1.69. The lowest BCUT2D eigenvalue weighted by atomic mass is 10.1. The van der Waals surface area contributed by atoms with E-state index in [1.807, 2.05) is 13.0 Å². The SMILES string of the molecule is COCCO[C@H]1CCN(c2cc(C)nc3cc(O)ccc23)C1. The van der Waals surface area contributed by atoms with Crippen molar-refractivity contribution >= 4 is 16.6 Å². The number of aryl methyl sites for hydroxylation is 1. The summed E-state index contributed by atoms with van der Waals surface area (Å²) in [4.78, 5) is 6.85. The molecule has 1 N–H and O–H groups in total. The number of aromatic nitrogens is 1. The van der Waals surface area contributed by atoms with Gasteiger partial charge in [-0.05, 0) is 31.5 Å². The zero-order valence-corrected chi connectivity index (χ0v) is 13.1. The fourth-order valence-corrected chi connectivity index (χ4v) is 2.97. The minimum Gasteiger partial charge on any atom is -0.508 e. The lowest BCUT2D eigenvalue weighted by Gasteiger charge is -2.21. The van der Waals surface area contributed by atoms with Crippen LogP contribution in [-0.4, -0.2) is 49.6 Å². The van der Waals surface area contributed by atoms with Crippen molar-refractivity contribution in [2.24, 2.45) is 0 Å². The van der Waals surface area contributed by atoms with Crippen LogP contribution in [0, 0.1) is 6.92 Å². The van der Waals surface area contributed by atoms with Gasteiger partial charge in [-0.2, -0.15) is 0 Å². The van der Waals surface area contributed by atoms with Gasteiger partial charge in [0.1, 0.15) is 5.75 Å². The molecule has 5 nitrogen and oxygen atoms in total. The van der Waals surface area contributed by atoms with E-state index >= 15 is 0 Å². The van der Waals surface area contributed by atoms with Gasteiger partial charge in [0, 0.05) is 43.0 Å². The van der Waals surface area contributed by atoms with Gasteiger partial charge in [-0.3, -0.25) is 4.98 Å². The van der Waals surface area contributed by atoms with Crippen LogP contribution >= 0.6 is 0 Å². The van der Waals surface area contributed by atoms with Crippen molar-refractivity contribution in [1.29, 1.82) is 0 Å². The summed E-state index contributed by atoms with van der Waals surface area (Å²) >= 11 is 0. The molecular formula is C17H22N2O3. The second-order valence-electron chi connectivity index (χ2n) is 5.70. The molecule has 1 atom stereocenters. The second-order valence-corrected chi connectivity index (χ2v) is 5.70. The highest BCUT2D eigenvalue weighted by atomic mass is 16.5. The predicted octanol–water partition coefficient (Wildman–Crippen LogP) is 2.49. The average molecular weight is 302 g/mol. The number of hydrogen-bond donors (Lipinski definition) is 1. The molecule has 2 aromatic rings. The van der Waals surface area contributed by atoms with Crippen LogP contribution < -0.4 is 4.90 Å². The number of hydrogen-bond acceptors (Lipinski definition) is 5. The maximum Gasteiger partial charge on any atom is 0.117 e. The third-order valence-corrected chi connectivity index (χ3v) is 4.03. The fraction of sp³-hybridized carbons (Fsp3) is 0.471. The fourth-order valence-electron chi connectivity index (χ4n) is 2.97. The number of methoxy groups -OCH3 is 1. The van der Waals surface area contributed by atoms with Gasteiger partial charge >= 0.3 is 0 Å². The highest BCUT2D eigenvalue weighted by Crippen LogP contribution is 2.31. The molecular weight excluding hydrogens is 280 g/mol. The standard InChI is InChI=1S/C17H22N2O3/c1-12-9-17(15-4-3-13(20)10-16(15)18-12)19-6-5-14(11-19)22-8-7-21-2/h3-4,9-10,14,20H,5-8,11H2,1-2H3/t14-/m0/s1. The molecule has 1 aliphatic heterocycles. The first kappa shape index (κ1) is 15.1. The molecule has 0 spiro atoms. The minimum absolute atomic E-state index is 0.246. The molecule has 1 aromatic carbocycles. The Hall–Kier alpha value is -1.85. The number of ether oxygens (including phenoxy) is 2. The van der Waals surface area contributed by atoms with Gasteiger partial charge in [0.05, 0.1) is 24.8 Å². The predicted molar refractivity (Wildman–Crippen MR) is 86.6 cm³/mol. The number of benzene rings is 1. The first-order valence-electron chi connectivity index (χ1n) is 7.63. The Bertz CT molecular complexity index is 654. The van der Waals surface area contributed by atoms with Gasteiger partial charge in [-0.25, -0.2) is 0 Å². The smallest absolute Gasteiger partial charge is 0.117 e. The zero-order valence-electron chi connectivity index (χ0n) is 13.1. The van der Waals surface area contributed by atoms with Crippen molar-refractivity contribution in [3.8, 4) is 5.75 Å². The second kappa shape index (κ2) is 6.50. The molecule has 1 saturated heterocycles. The van der Waals surface area contributed by atoms with Crippen LogP contribution in [0.4, 0.5) is 5.69 Å². The van der Waals surface area contributed by atoms with Crippen LogP contribution in [0.25, 0.3) is 10.9 Å². The molecule has 0 saturated carbocycles. The highest BCUT2D eigenvalue weighted by molar-refractivity contribution is 5.92. The van der Waals surface area contributed by atoms with Crippen molar-refractivity contribution in [1.82, 2.24) is 4.98 Å². The number of rotatable bonds is 5. The molecule has 0 radical (unpaired) electrons. The summed E-state index contributed by atoms with van der Waals surface area (Å²) < 4.78 is 10.9. The first-order valence-corrected chi connectivity index (χ1v) is 7.63. The van der Waals surface area contributed by atoms with Gasteiger partial charge in [0.15, 0.2) is 0 Å². The summed E-state index contributed by atoms with van der Waals surface area (Å²) in [6.07, 6.45) is 1.26. The van der Waals surface area contributed by atoms with Gasteiger partial charge in [0.2, 0.25) is 0 Å². The van der Waals surface area contributed by atoms with E-state index in [0.29, 0.717) is 13.2 Å². The van der Waals surface area contributed by atoms with Crippen LogP contribution in [0.15, 0.2) is 24.3 Å². The van der Waals surface area contributed by atoms with Crippen molar-refractivity contribution in [2.45, 2.75) is 19.4 Å². The molecule has 22 heavy (non-hydrogen) atoms.